The van der Waals surface area contributed by atoms with Crippen molar-refractivity contribution in [1.29, 1.82) is 0 Å². The number of piperidine rings is 1. The molecule has 4 aliphatic heterocycles. The molecule has 0 spiro atoms. The molecule has 10 heteroatoms. The monoisotopic (exact) mass is 648 g/mol. The summed E-state index contributed by atoms with van der Waals surface area (Å²) in [5.74, 6) is 0.0887. The van der Waals surface area contributed by atoms with E-state index in [-0.39, 0.29) is 42.5 Å². The number of thioether (sulfide) groups is 1. The first-order valence-corrected chi connectivity index (χ1v) is 17.7. The standard InChI is InChI=1S/C36H50N6O3S.H2/c1-35(2,3)16-19-41-32(28-11-7-9-13-30(28)39-22-20-38(5)21-23-39)46-36(4,33(41)44)24-31(43)40-17-14-27(15-18-40)42-25-26-10-6-8-12-29(26)37-34(42)45;/h6-13,27,32H,14-25H2,1-5H3,(H,37,45);1H/t32-,36+;/m0./s1. The number of likely N-dealkylation sites (tertiary alicyclic amines) is 1. The molecule has 3 fully saturated rings. The van der Waals surface area contributed by atoms with Gasteiger partial charge in [0.25, 0.3) is 0 Å². The summed E-state index contributed by atoms with van der Waals surface area (Å²) in [7, 11) is 2.16. The van der Waals surface area contributed by atoms with Crippen molar-refractivity contribution in [3.8, 4) is 0 Å². The molecular weight excluding hydrogens is 597 g/mol. The zero-order chi connectivity index (χ0) is 32.6. The van der Waals surface area contributed by atoms with Crippen LogP contribution in [0.5, 0.6) is 0 Å². The smallest absolute Gasteiger partial charge is 0.322 e. The van der Waals surface area contributed by atoms with Crippen molar-refractivity contribution >= 4 is 41.0 Å². The number of para-hydroxylation sites is 2. The molecule has 0 aliphatic carbocycles. The topological polar surface area (TPSA) is 79.4 Å². The van der Waals surface area contributed by atoms with Gasteiger partial charge in [-0.05, 0) is 56.3 Å². The molecule has 1 N–H and O–H groups in total. The van der Waals surface area contributed by atoms with Crippen LogP contribution in [0.3, 0.4) is 0 Å². The van der Waals surface area contributed by atoms with Crippen LogP contribution < -0.4 is 10.2 Å². The highest BCUT2D eigenvalue weighted by Gasteiger charge is 2.52. The minimum atomic E-state index is -0.845. The minimum Gasteiger partial charge on any atom is -0.369 e. The summed E-state index contributed by atoms with van der Waals surface area (Å²) in [5, 5.41) is 2.88. The van der Waals surface area contributed by atoms with Crippen LogP contribution in [0.4, 0.5) is 16.2 Å². The Kier molecular flexibility index (Phi) is 9.31. The molecule has 4 amide bonds. The van der Waals surface area contributed by atoms with Crippen molar-refractivity contribution < 1.29 is 15.8 Å². The summed E-state index contributed by atoms with van der Waals surface area (Å²) < 4.78 is -0.845. The van der Waals surface area contributed by atoms with Gasteiger partial charge in [0, 0.05) is 76.8 Å². The Balaban J connectivity index is 0.00000433. The lowest BCUT2D eigenvalue weighted by Crippen LogP contribution is -2.52. The zero-order valence-electron chi connectivity index (χ0n) is 28.1. The Labute approximate surface area is 280 Å². The summed E-state index contributed by atoms with van der Waals surface area (Å²) in [5.41, 5.74) is 4.44. The molecule has 0 aromatic heterocycles. The summed E-state index contributed by atoms with van der Waals surface area (Å²) >= 11 is 1.65. The molecular formula is C36H52N6O3S. The van der Waals surface area contributed by atoms with Gasteiger partial charge in [-0.15, -0.1) is 11.8 Å². The molecule has 9 nitrogen and oxygen atoms in total. The lowest BCUT2D eigenvalue weighted by Gasteiger charge is -2.41. The number of anilines is 2. The van der Waals surface area contributed by atoms with Crippen molar-refractivity contribution in [1.82, 2.24) is 19.6 Å². The van der Waals surface area contributed by atoms with Crippen molar-refractivity contribution in [2.24, 2.45) is 5.41 Å². The van der Waals surface area contributed by atoms with E-state index in [4.69, 9.17) is 0 Å². The second-order valence-corrected chi connectivity index (χ2v) is 16.4. The van der Waals surface area contributed by atoms with Crippen molar-refractivity contribution in [3.63, 3.8) is 0 Å². The highest BCUT2D eigenvalue weighted by Crippen LogP contribution is 2.53. The van der Waals surface area contributed by atoms with E-state index >= 15 is 0 Å². The van der Waals surface area contributed by atoms with Gasteiger partial charge < -0.3 is 29.8 Å². The molecule has 0 radical (unpaired) electrons. The van der Waals surface area contributed by atoms with E-state index in [9.17, 15) is 14.4 Å². The van der Waals surface area contributed by atoms with Gasteiger partial charge in [-0.25, -0.2) is 4.79 Å². The van der Waals surface area contributed by atoms with Gasteiger partial charge in [0.1, 0.15) is 10.1 Å². The number of amides is 4. The number of carbonyl (C=O) groups excluding carboxylic acids is 3. The SMILES string of the molecule is CN1CCN(c2ccccc2[C@@H]2S[C@](C)(CC(=O)N3CCC(N4Cc5ccccc5NC4=O)CC3)C(=O)N2CCC(C)(C)C)CC1.[HH]. The molecule has 0 bridgehead atoms. The maximum absolute atomic E-state index is 14.3. The molecule has 2 aromatic carbocycles. The molecule has 0 saturated carbocycles. The van der Waals surface area contributed by atoms with E-state index in [1.54, 1.807) is 11.8 Å². The lowest BCUT2D eigenvalue weighted by molar-refractivity contribution is -0.139. The quantitative estimate of drug-likeness (QED) is 0.404. The fraction of sp³-hybridized carbons (Fsp3) is 0.583. The molecule has 2 atom stereocenters. The van der Waals surface area contributed by atoms with E-state index in [0.717, 1.165) is 62.3 Å². The number of fused-ring (bicyclic) bond motifs is 1. The number of urea groups is 1. The Morgan fingerprint density at radius 1 is 0.978 bits per heavy atom. The van der Waals surface area contributed by atoms with Gasteiger partial charge in [0.15, 0.2) is 0 Å². The summed E-state index contributed by atoms with van der Waals surface area (Å²) in [6.45, 7) is 15.0. The first-order chi connectivity index (χ1) is 21.9. The number of likely N-dealkylation sites (N-methyl/N-ethyl adjacent to an activating group) is 1. The highest BCUT2D eigenvalue weighted by atomic mass is 32.2. The van der Waals surface area contributed by atoms with Crippen LogP contribution in [0, 0.1) is 5.41 Å². The van der Waals surface area contributed by atoms with Crippen LogP contribution in [0.1, 0.15) is 71.3 Å². The average molecular weight is 649 g/mol. The maximum Gasteiger partial charge on any atom is 0.322 e. The fourth-order valence-corrected chi connectivity index (χ4v) is 8.74. The van der Waals surface area contributed by atoms with E-state index in [2.05, 4.69) is 78.2 Å². The zero-order valence-corrected chi connectivity index (χ0v) is 28.9. The minimum absolute atomic E-state index is 0. The Morgan fingerprint density at radius 3 is 2.37 bits per heavy atom. The summed E-state index contributed by atoms with van der Waals surface area (Å²) in [6.07, 6.45) is 2.53. The number of piperazine rings is 1. The summed E-state index contributed by atoms with van der Waals surface area (Å²) in [6, 6.07) is 16.5. The van der Waals surface area contributed by atoms with Crippen LogP contribution >= 0.6 is 11.8 Å². The number of nitrogens with zero attached hydrogens (tertiary/aromatic N) is 5. The molecule has 6 rings (SSSR count). The van der Waals surface area contributed by atoms with Gasteiger partial charge in [-0.3, -0.25) is 9.59 Å². The summed E-state index contributed by atoms with van der Waals surface area (Å²) in [4.78, 5) is 51.8. The Morgan fingerprint density at radius 2 is 1.65 bits per heavy atom. The molecule has 4 heterocycles. The molecule has 46 heavy (non-hydrogen) atoms. The van der Waals surface area contributed by atoms with Crippen molar-refractivity contribution in [2.45, 2.75) is 76.1 Å². The number of hydrogen-bond donors (Lipinski definition) is 1. The predicted molar refractivity (Wildman–Crippen MR) is 188 cm³/mol. The predicted octanol–water partition coefficient (Wildman–Crippen LogP) is 5.88. The molecule has 4 aliphatic rings. The van der Waals surface area contributed by atoms with E-state index in [1.165, 1.54) is 5.69 Å². The van der Waals surface area contributed by atoms with E-state index < -0.39 is 4.75 Å². The third-order valence-corrected chi connectivity index (χ3v) is 11.7. The highest BCUT2D eigenvalue weighted by molar-refractivity contribution is 8.02. The second-order valence-electron chi connectivity index (χ2n) is 14.9. The van der Waals surface area contributed by atoms with Gasteiger partial charge in [0.05, 0.1) is 6.42 Å². The maximum atomic E-state index is 14.3. The largest absolute Gasteiger partial charge is 0.369 e. The molecule has 2 aromatic rings. The van der Waals surface area contributed by atoms with Gasteiger partial charge in [-0.1, -0.05) is 57.2 Å². The number of hydrogen-bond acceptors (Lipinski definition) is 6. The van der Waals surface area contributed by atoms with Crippen LogP contribution in [-0.4, -0.2) is 101 Å². The van der Waals surface area contributed by atoms with Gasteiger partial charge >= 0.3 is 6.03 Å². The van der Waals surface area contributed by atoms with Gasteiger partial charge in [0.2, 0.25) is 11.8 Å². The van der Waals surface area contributed by atoms with Crippen molar-refractivity contribution in [2.75, 3.05) is 63.1 Å². The number of benzene rings is 2. The number of nitrogens with one attached hydrogen (secondary N) is 1. The first-order valence-electron chi connectivity index (χ1n) is 16.9. The van der Waals surface area contributed by atoms with Crippen molar-refractivity contribution in [3.05, 3.63) is 59.7 Å². The van der Waals surface area contributed by atoms with Crippen LogP contribution in [-0.2, 0) is 16.1 Å². The van der Waals surface area contributed by atoms with E-state index in [0.29, 0.717) is 26.2 Å². The van der Waals surface area contributed by atoms with E-state index in [1.807, 2.05) is 34.9 Å². The Hall–Kier alpha value is -3.24. The number of rotatable bonds is 7. The second kappa shape index (κ2) is 13.1. The first kappa shape index (κ1) is 32.7. The molecule has 3 saturated heterocycles. The third-order valence-electron chi connectivity index (χ3n) is 10.1. The fourth-order valence-electron chi connectivity index (χ4n) is 7.17. The average Bonchev–Trinajstić information content (AvgIpc) is 3.28. The van der Waals surface area contributed by atoms with Crippen LogP contribution in [0.2, 0.25) is 0 Å². The Bertz CT molecular complexity index is 1450. The van der Waals surface area contributed by atoms with Crippen LogP contribution in [0.15, 0.2) is 48.5 Å². The van der Waals surface area contributed by atoms with Crippen LogP contribution in [0.25, 0.3) is 0 Å². The third kappa shape index (κ3) is 6.88. The molecule has 0 unspecified atom stereocenters. The van der Waals surface area contributed by atoms with Gasteiger partial charge in [-0.2, -0.15) is 0 Å². The number of carbonyl (C=O) groups is 3. The molecule has 250 valence electrons. The lowest BCUT2D eigenvalue weighted by atomic mass is 9.91. The normalized spacial score (nSPS) is 24.8.